The zero-order chi connectivity index (χ0) is 20.9. The average Bonchev–Trinajstić information content (AvgIpc) is 2.70. The van der Waals surface area contributed by atoms with Crippen LogP contribution in [0, 0.1) is 0 Å². The highest BCUT2D eigenvalue weighted by molar-refractivity contribution is 7.90. The van der Waals surface area contributed by atoms with E-state index < -0.39 is 28.3 Å². The van der Waals surface area contributed by atoms with Crippen molar-refractivity contribution < 1.29 is 32.2 Å². The highest BCUT2D eigenvalue weighted by atomic mass is 32.2. The molecule has 0 radical (unpaired) electrons. The first-order valence-electron chi connectivity index (χ1n) is 8.66. The lowest BCUT2D eigenvalue weighted by Gasteiger charge is -2.18. The van der Waals surface area contributed by atoms with E-state index in [0.29, 0.717) is 30.3 Å². The fraction of sp³-hybridized carbons (Fsp3) is 0.200. The van der Waals surface area contributed by atoms with Gasteiger partial charge in [-0.3, -0.25) is 4.79 Å². The lowest BCUT2D eigenvalue weighted by Crippen LogP contribution is -2.21. The molecule has 0 unspecified atom stereocenters. The number of nitrogens with one attached hydrogen (secondary N) is 1. The molecule has 3 rings (SSSR count). The van der Waals surface area contributed by atoms with E-state index in [9.17, 15) is 18.0 Å². The number of para-hydroxylation sites is 1. The van der Waals surface area contributed by atoms with E-state index in [1.54, 1.807) is 30.3 Å². The van der Waals surface area contributed by atoms with Crippen molar-refractivity contribution in [2.45, 2.75) is 4.90 Å². The Labute approximate surface area is 168 Å². The first-order chi connectivity index (χ1) is 13.8. The molecule has 0 aliphatic carbocycles. The van der Waals surface area contributed by atoms with Gasteiger partial charge in [-0.15, -0.1) is 0 Å². The summed E-state index contributed by atoms with van der Waals surface area (Å²) in [4.78, 5) is 23.8. The SMILES string of the molecule is CS(=O)(=O)c1ccccc1NC(=O)COC(=O)/C=C/c1ccc2c(c1)OCCO2. The molecule has 1 aliphatic heterocycles. The van der Waals surface area contributed by atoms with E-state index in [1.807, 2.05) is 0 Å². The third-order valence-electron chi connectivity index (χ3n) is 3.88. The van der Waals surface area contributed by atoms with Gasteiger partial charge in [-0.2, -0.15) is 0 Å². The van der Waals surface area contributed by atoms with Gasteiger partial charge < -0.3 is 19.5 Å². The number of hydrogen-bond acceptors (Lipinski definition) is 7. The smallest absolute Gasteiger partial charge is 0.331 e. The first-order valence-corrected chi connectivity index (χ1v) is 10.6. The van der Waals surface area contributed by atoms with Crippen molar-refractivity contribution in [3.63, 3.8) is 0 Å². The van der Waals surface area contributed by atoms with Crippen LogP contribution in [-0.4, -0.2) is 46.4 Å². The third-order valence-corrected chi connectivity index (χ3v) is 5.04. The van der Waals surface area contributed by atoms with Crippen molar-refractivity contribution >= 4 is 33.5 Å². The maximum absolute atomic E-state index is 12.0. The van der Waals surface area contributed by atoms with E-state index in [0.717, 1.165) is 6.26 Å². The van der Waals surface area contributed by atoms with Crippen molar-refractivity contribution in [2.24, 2.45) is 0 Å². The summed E-state index contributed by atoms with van der Waals surface area (Å²) in [5.41, 5.74) is 0.834. The highest BCUT2D eigenvalue weighted by Gasteiger charge is 2.15. The topological polar surface area (TPSA) is 108 Å². The Balaban J connectivity index is 1.54. The van der Waals surface area contributed by atoms with Crippen LogP contribution in [0.4, 0.5) is 5.69 Å². The summed E-state index contributed by atoms with van der Waals surface area (Å²) in [6.07, 6.45) is 3.75. The van der Waals surface area contributed by atoms with E-state index in [2.05, 4.69) is 5.32 Å². The summed E-state index contributed by atoms with van der Waals surface area (Å²) in [6, 6.07) is 11.2. The second-order valence-electron chi connectivity index (χ2n) is 6.16. The van der Waals surface area contributed by atoms with E-state index >= 15 is 0 Å². The minimum absolute atomic E-state index is 0.0156. The number of hydrogen-bond donors (Lipinski definition) is 1. The molecular weight excluding hydrogens is 398 g/mol. The quantitative estimate of drug-likeness (QED) is 0.566. The number of anilines is 1. The fourth-order valence-corrected chi connectivity index (χ4v) is 3.44. The lowest BCUT2D eigenvalue weighted by atomic mass is 10.2. The lowest BCUT2D eigenvalue weighted by molar-refractivity contribution is -0.142. The molecule has 0 bridgehead atoms. The monoisotopic (exact) mass is 417 g/mol. The molecule has 9 heteroatoms. The van der Waals surface area contributed by atoms with Gasteiger partial charge >= 0.3 is 5.97 Å². The Morgan fingerprint density at radius 2 is 1.83 bits per heavy atom. The standard InChI is InChI=1S/C20H19NO7S/c1-29(24,25)18-5-3-2-4-15(18)21-19(22)13-28-20(23)9-7-14-6-8-16-17(12-14)27-11-10-26-16/h2-9,12H,10-11,13H2,1H3,(H,21,22)/b9-7+. The van der Waals surface area contributed by atoms with Crippen LogP contribution in [-0.2, 0) is 24.2 Å². The molecule has 0 saturated carbocycles. The molecule has 0 saturated heterocycles. The van der Waals surface area contributed by atoms with Crippen molar-refractivity contribution in [1.29, 1.82) is 0 Å². The Kier molecular flexibility index (Phi) is 6.18. The third kappa shape index (κ3) is 5.58. The number of amides is 1. The van der Waals surface area contributed by atoms with Crippen molar-refractivity contribution in [3.05, 3.63) is 54.1 Å². The van der Waals surface area contributed by atoms with Gasteiger partial charge in [0.05, 0.1) is 10.6 Å². The normalized spacial score (nSPS) is 13.1. The van der Waals surface area contributed by atoms with Crippen molar-refractivity contribution in [2.75, 3.05) is 31.4 Å². The molecule has 2 aromatic rings. The van der Waals surface area contributed by atoms with Crippen molar-refractivity contribution in [3.8, 4) is 11.5 Å². The molecule has 1 heterocycles. The molecule has 1 aliphatic rings. The maximum atomic E-state index is 12.0. The van der Waals surface area contributed by atoms with Gasteiger partial charge in [0.25, 0.3) is 5.91 Å². The zero-order valence-electron chi connectivity index (χ0n) is 15.6. The summed E-state index contributed by atoms with van der Waals surface area (Å²) >= 11 is 0. The average molecular weight is 417 g/mol. The van der Waals surface area contributed by atoms with Crippen LogP contribution in [0.2, 0.25) is 0 Å². The molecule has 1 N–H and O–H groups in total. The second-order valence-corrected chi connectivity index (χ2v) is 8.14. The zero-order valence-corrected chi connectivity index (χ0v) is 16.4. The number of fused-ring (bicyclic) bond motifs is 1. The number of ether oxygens (including phenoxy) is 3. The number of esters is 1. The van der Waals surface area contributed by atoms with Crippen LogP contribution in [0.15, 0.2) is 53.4 Å². The molecule has 0 atom stereocenters. The van der Waals surface area contributed by atoms with Gasteiger partial charge in [0, 0.05) is 12.3 Å². The predicted molar refractivity (Wildman–Crippen MR) is 106 cm³/mol. The Morgan fingerprint density at radius 1 is 1.10 bits per heavy atom. The maximum Gasteiger partial charge on any atom is 0.331 e. The summed E-state index contributed by atoms with van der Waals surface area (Å²) in [6.45, 7) is 0.396. The summed E-state index contributed by atoms with van der Waals surface area (Å²) < 4.78 is 39.3. The molecule has 29 heavy (non-hydrogen) atoms. The summed E-state index contributed by atoms with van der Waals surface area (Å²) in [7, 11) is -3.51. The van der Waals surface area contributed by atoms with Crippen LogP contribution in [0.3, 0.4) is 0 Å². The van der Waals surface area contributed by atoms with E-state index in [1.165, 1.54) is 24.3 Å². The van der Waals surface area contributed by atoms with Gasteiger partial charge in [0.2, 0.25) is 0 Å². The summed E-state index contributed by atoms with van der Waals surface area (Å²) in [5.74, 6) is -0.133. The Morgan fingerprint density at radius 3 is 2.59 bits per heavy atom. The fourth-order valence-electron chi connectivity index (χ4n) is 2.59. The molecule has 0 fully saturated rings. The van der Waals surface area contributed by atoms with Crippen LogP contribution >= 0.6 is 0 Å². The number of carbonyl (C=O) groups excluding carboxylic acids is 2. The van der Waals surface area contributed by atoms with Crippen LogP contribution in [0.25, 0.3) is 6.08 Å². The number of rotatable bonds is 6. The molecule has 8 nitrogen and oxygen atoms in total. The molecular formula is C20H19NO7S. The van der Waals surface area contributed by atoms with Crippen LogP contribution in [0.1, 0.15) is 5.56 Å². The minimum atomic E-state index is -3.51. The van der Waals surface area contributed by atoms with Crippen LogP contribution < -0.4 is 14.8 Å². The summed E-state index contributed by atoms with van der Waals surface area (Å²) in [5, 5.41) is 2.43. The Bertz CT molecular complexity index is 1060. The van der Waals surface area contributed by atoms with Crippen LogP contribution in [0.5, 0.6) is 11.5 Å². The number of sulfone groups is 1. The van der Waals surface area contributed by atoms with Gasteiger partial charge in [-0.1, -0.05) is 18.2 Å². The number of carbonyl (C=O) groups is 2. The Hall–Kier alpha value is -3.33. The molecule has 1 amide bonds. The minimum Gasteiger partial charge on any atom is -0.486 e. The molecule has 0 spiro atoms. The molecule has 152 valence electrons. The van der Waals surface area contributed by atoms with Gasteiger partial charge in [-0.25, -0.2) is 13.2 Å². The second kappa shape index (κ2) is 8.78. The van der Waals surface area contributed by atoms with Gasteiger partial charge in [-0.05, 0) is 35.9 Å². The largest absolute Gasteiger partial charge is 0.486 e. The highest BCUT2D eigenvalue weighted by Crippen LogP contribution is 2.31. The van der Waals surface area contributed by atoms with Crippen molar-refractivity contribution in [1.82, 2.24) is 0 Å². The predicted octanol–water partition coefficient (Wildman–Crippen LogP) is 2.06. The first kappa shape index (κ1) is 20.4. The van der Waals surface area contributed by atoms with E-state index in [-0.39, 0.29) is 10.6 Å². The number of benzene rings is 2. The molecule has 2 aromatic carbocycles. The van der Waals surface area contributed by atoms with E-state index in [4.69, 9.17) is 14.2 Å². The van der Waals surface area contributed by atoms with Gasteiger partial charge in [0.15, 0.2) is 27.9 Å². The molecule has 0 aromatic heterocycles. The van der Waals surface area contributed by atoms with Gasteiger partial charge in [0.1, 0.15) is 13.2 Å².